The molecular weight excluding hydrogens is 336 g/mol. The van der Waals surface area contributed by atoms with Crippen LogP contribution in [0.25, 0.3) is 0 Å². The molecule has 128 valence electrons. The number of nitrogens with one attached hydrogen (secondary N) is 1. The number of alkyl halides is 2. The van der Waals surface area contributed by atoms with E-state index in [1.54, 1.807) is 0 Å². The van der Waals surface area contributed by atoms with Crippen LogP contribution < -0.4 is 10.1 Å². The monoisotopic (exact) mass is 353 g/mol. The molecule has 2 heterocycles. The lowest BCUT2D eigenvalue weighted by atomic mass is 10.2. The maximum absolute atomic E-state index is 12.2. The number of aromatic nitrogens is 1. The van der Waals surface area contributed by atoms with Crippen molar-refractivity contribution >= 4 is 22.4 Å². The Morgan fingerprint density at radius 1 is 1.42 bits per heavy atom. The quantitative estimate of drug-likeness (QED) is 0.895. The fourth-order valence-corrected chi connectivity index (χ4v) is 3.57. The summed E-state index contributed by atoms with van der Waals surface area (Å²) in [6.45, 7) is 2.07. The van der Waals surface area contributed by atoms with Crippen molar-refractivity contribution in [2.75, 3.05) is 18.4 Å². The van der Waals surface area contributed by atoms with Crippen molar-refractivity contribution in [3.05, 3.63) is 40.4 Å². The highest BCUT2D eigenvalue weighted by molar-refractivity contribution is 7.15. The number of hydrogen-bond donors (Lipinski definition) is 1. The molecule has 3 rings (SSSR count). The predicted molar refractivity (Wildman–Crippen MR) is 87.8 cm³/mol. The smallest absolute Gasteiger partial charge is 0.387 e. The number of hydrogen-bond acceptors (Lipinski definition) is 5. The van der Waals surface area contributed by atoms with E-state index in [2.05, 4.69) is 26.9 Å². The molecular formula is C16H17F2N3O2S. The van der Waals surface area contributed by atoms with Gasteiger partial charge in [0.2, 0.25) is 0 Å². The lowest BCUT2D eigenvalue weighted by Crippen LogP contribution is -2.29. The van der Waals surface area contributed by atoms with Crippen LogP contribution >= 0.6 is 11.3 Å². The van der Waals surface area contributed by atoms with E-state index in [4.69, 9.17) is 0 Å². The fourth-order valence-electron chi connectivity index (χ4n) is 2.53. The predicted octanol–water partition coefficient (Wildman–Crippen LogP) is 3.37. The van der Waals surface area contributed by atoms with Gasteiger partial charge in [-0.05, 0) is 30.8 Å². The van der Waals surface area contributed by atoms with E-state index in [1.165, 1.54) is 40.5 Å². The van der Waals surface area contributed by atoms with E-state index in [-0.39, 0.29) is 11.7 Å². The summed E-state index contributed by atoms with van der Waals surface area (Å²) in [6, 6.07) is 5.57. The van der Waals surface area contributed by atoms with Gasteiger partial charge in [0.1, 0.15) is 5.75 Å². The molecule has 5 nitrogen and oxygen atoms in total. The molecule has 0 saturated carbocycles. The number of nitrogens with zero attached hydrogens (tertiary/aromatic N) is 2. The van der Waals surface area contributed by atoms with Crippen LogP contribution in [-0.4, -0.2) is 35.5 Å². The zero-order valence-electron chi connectivity index (χ0n) is 13.1. The topological polar surface area (TPSA) is 54.5 Å². The van der Waals surface area contributed by atoms with Crippen LogP contribution in [0.4, 0.5) is 13.9 Å². The molecule has 24 heavy (non-hydrogen) atoms. The van der Waals surface area contributed by atoms with E-state index in [0.717, 1.165) is 31.7 Å². The second-order valence-corrected chi connectivity index (χ2v) is 6.45. The highest BCUT2D eigenvalue weighted by Gasteiger charge is 2.20. The van der Waals surface area contributed by atoms with Gasteiger partial charge in [0.15, 0.2) is 5.13 Å². The second-order valence-electron chi connectivity index (χ2n) is 5.36. The minimum absolute atomic E-state index is 0.0194. The van der Waals surface area contributed by atoms with Crippen molar-refractivity contribution in [3.63, 3.8) is 0 Å². The number of amides is 1. The second kappa shape index (κ2) is 7.23. The van der Waals surface area contributed by atoms with Crippen LogP contribution in [0.5, 0.6) is 5.75 Å². The fraction of sp³-hybridized carbons (Fsp3) is 0.375. The first-order valence-electron chi connectivity index (χ1n) is 7.62. The summed E-state index contributed by atoms with van der Waals surface area (Å²) in [7, 11) is 0. The summed E-state index contributed by atoms with van der Waals surface area (Å²) in [5, 5.41) is 3.34. The highest BCUT2D eigenvalue weighted by Crippen LogP contribution is 2.28. The van der Waals surface area contributed by atoms with Crippen LogP contribution in [0.15, 0.2) is 24.3 Å². The molecule has 1 aliphatic heterocycles. The Balaban J connectivity index is 1.66. The molecule has 1 aromatic carbocycles. The average molecular weight is 353 g/mol. The normalized spacial score (nSPS) is 14.5. The van der Waals surface area contributed by atoms with E-state index in [9.17, 15) is 13.6 Å². The SMILES string of the molecule is CCN1CCc2nc(NC(=O)c3ccc(OC(F)F)cc3)sc2C1. The number of carbonyl (C=O) groups excluding carboxylic acids is 1. The first-order chi connectivity index (χ1) is 11.5. The maximum atomic E-state index is 12.2. The van der Waals surface area contributed by atoms with Crippen LogP contribution in [-0.2, 0) is 13.0 Å². The molecule has 1 N–H and O–H groups in total. The zero-order chi connectivity index (χ0) is 17.1. The number of halogens is 2. The number of rotatable bonds is 5. The summed E-state index contributed by atoms with van der Waals surface area (Å²) in [5.41, 5.74) is 1.40. The van der Waals surface area contributed by atoms with Crippen molar-refractivity contribution in [2.45, 2.75) is 26.5 Å². The van der Waals surface area contributed by atoms with E-state index < -0.39 is 6.61 Å². The third-order valence-corrected chi connectivity index (χ3v) is 4.82. The maximum Gasteiger partial charge on any atom is 0.387 e. The Labute approximate surface area is 142 Å². The number of ether oxygens (including phenoxy) is 1. The molecule has 0 radical (unpaired) electrons. The number of benzene rings is 1. The lowest BCUT2D eigenvalue weighted by molar-refractivity contribution is -0.0498. The van der Waals surface area contributed by atoms with Crippen LogP contribution in [0.2, 0.25) is 0 Å². The summed E-state index contributed by atoms with van der Waals surface area (Å²) in [5.74, 6) is -0.303. The van der Waals surface area contributed by atoms with Crippen molar-refractivity contribution in [2.24, 2.45) is 0 Å². The molecule has 0 aliphatic carbocycles. The molecule has 8 heteroatoms. The summed E-state index contributed by atoms with van der Waals surface area (Å²) in [6.07, 6.45) is 0.884. The lowest BCUT2D eigenvalue weighted by Gasteiger charge is -2.23. The molecule has 0 unspecified atom stereocenters. The number of anilines is 1. The molecule has 0 fully saturated rings. The molecule has 0 bridgehead atoms. The van der Waals surface area contributed by atoms with Crippen LogP contribution in [0, 0.1) is 0 Å². The molecule has 0 saturated heterocycles. The Kier molecular flexibility index (Phi) is 5.06. The van der Waals surface area contributed by atoms with Gasteiger partial charge >= 0.3 is 6.61 Å². The van der Waals surface area contributed by atoms with E-state index in [0.29, 0.717) is 10.7 Å². The van der Waals surface area contributed by atoms with Gasteiger partial charge in [0, 0.05) is 30.0 Å². The van der Waals surface area contributed by atoms with Crippen LogP contribution in [0.3, 0.4) is 0 Å². The molecule has 0 atom stereocenters. The van der Waals surface area contributed by atoms with Gasteiger partial charge in [0.05, 0.1) is 5.69 Å². The van der Waals surface area contributed by atoms with Gasteiger partial charge < -0.3 is 4.74 Å². The van der Waals surface area contributed by atoms with Gasteiger partial charge in [0.25, 0.3) is 5.91 Å². The van der Waals surface area contributed by atoms with Gasteiger partial charge in [-0.2, -0.15) is 8.78 Å². The Morgan fingerprint density at radius 2 is 2.17 bits per heavy atom. The molecule has 1 aromatic heterocycles. The third-order valence-electron chi connectivity index (χ3n) is 3.82. The molecule has 2 aromatic rings. The van der Waals surface area contributed by atoms with Gasteiger partial charge in [-0.15, -0.1) is 11.3 Å². The van der Waals surface area contributed by atoms with Gasteiger partial charge in [-0.3, -0.25) is 15.0 Å². The summed E-state index contributed by atoms with van der Waals surface area (Å²) >= 11 is 1.48. The summed E-state index contributed by atoms with van der Waals surface area (Å²) < 4.78 is 28.5. The number of thiazole rings is 1. The Hall–Kier alpha value is -2.06. The number of carbonyl (C=O) groups is 1. The Morgan fingerprint density at radius 3 is 2.83 bits per heavy atom. The highest BCUT2D eigenvalue weighted by atomic mass is 32.1. The first kappa shape index (κ1) is 16.8. The molecule has 1 aliphatic rings. The van der Waals surface area contributed by atoms with Gasteiger partial charge in [-0.1, -0.05) is 6.92 Å². The van der Waals surface area contributed by atoms with E-state index in [1.807, 2.05) is 0 Å². The van der Waals surface area contributed by atoms with Gasteiger partial charge in [-0.25, -0.2) is 4.98 Å². The number of likely N-dealkylation sites (N-methyl/N-ethyl adjacent to an activating group) is 1. The largest absolute Gasteiger partial charge is 0.435 e. The minimum Gasteiger partial charge on any atom is -0.435 e. The molecule has 1 amide bonds. The minimum atomic E-state index is -2.88. The van der Waals surface area contributed by atoms with Crippen molar-refractivity contribution < 1.29 is 18.3 Å². The van der Waals surface area contributed by atoms with Crippen molar-refractivity contribution in [1.29, 1.82) is 0 Å². The molecule has 0 spiro atoms. The summed E-state index contributed by atoms with van der Waals surface area (Å²) in [4.78, 5) is 20.2. The average Bonchev–Trinajstić information content (AvgIpc) is 2.96. The zero-order valence-corrected chi connectivity index (χ0v) is 13.9. The van der Waals surface area contributed by atoms with E-state index >= 15 is 0 Å². The first-order valence-corrected chi connectivity index (χ1v) is 8.44. The van der Waals surface area contributed by atoms with Crippen molar-refractivity contribution in [3.8, 4) is 5.75 Å². The standard InChI is InChI=1S/C16H17F2N3O2S/c1-2-21-8-7-12-13(9-21)24-16(19-12)20-14(22)10-3-5-11(6-4-10)23-15(17)18/h3-6,15H,2,7-9H2,1H3,(H,19,20,22). The number of fused-ring (bicyclic) bond motifs is 1. The van der Waals surface area contributed by atoms with Crippen molar-refractivity contribution in [1.82, 2.24) is 9.88 Å². The van der Waals surface area contributed by atoms with Crippen LogP contribution in [0.1, 0.15) is 27.9 Å². The third kappa shape index (κ3) is 3.88. The Bertz CT molecular complexity index is 719.